The summed E-state index contributed by atoms with van der Waals surface area (Å²) in [5.41, 5.74) is 2.89. The van der Waals surface area contributed by atoms with Crippen LogP contribution < -0.4 is 0 Å². The van der Waals surface area contributed by atoms with Crippen LogP contribution in [0.25, 0.3) is 16.6 Å². The van der Waals surface area contributed by atoms with Crippen LogP contribution in [-0.2, 0) is 4.79 Å². The fraction of sp³-hybridized carbons (Fsp3) is 0.0833. The molecule has 0 amide bonds. The molecular weight excluding hydrogens is 316 g/mol. The van der Waals surface area contributed by atoms with Crippen LogP contribution in [0.2, 0.25) is 0 Å². The monoisotopic (exact) mass is 324 g/mol. The van der Waals surface area contributed by atoms with Gasteiger partial charge in [-0.1, -0.05) is 29.5 Å². The number of aryl methyl sites for hydroxylation is 1. The van der Waals surface area contributed by atoms with E-state index in [2.05, 4.69) is 26.1 Å². The number of carboxylic acid groups (broad SMARTS) is 1. The molecule has 6 heteroatoms. The molecule has 0 aliphatic carbocycles. The average molecular weight is 325 g/mol. The van der Waals surface area contributed by atoms with Gasteiger partial charge in [-0.3, -0.25) is 0 Å². The lowest BCUT2D eigenvalue weighted by molar-refractivity contribution is -0.131. The fourth-order valence-electron chi connectivity index (χ4n) is 1.51. The summed E-state index contributed by atoms with van der Waals surface area (Å²) in [6.07, 6.45) is 2.69. The number of carboxylic acids is 1. The summed E-state index contributed by atoms with van der Waals surface area (Å²) in [5, 5.41) is 17.4. The van der Waals surface area contributed by atoms with Gasteiger partial charge in [0.2, 0.25) is 0 Å². The minimum absolute atomic E-state index is 0.742. The summed E-state index contributed by atoms with van der Waals surface area (Å²) in [7, 11) is 0. The second kappa shape index (κ2) is 5.41. The van der Waals surface area contributed by atoms with Crippen molar-refractivity contribution in [2.24, 2.45) is 0 Å². The molecule has 1 aromatic carbocycles. The van der Waals surface area contributed by atoms with Crippen molar-refractivity contribution in [1.29, 1.82) is 0 Å². The number of aromatic nitrogens is 2. The summed E-state index contributed by atoms with van der Waals surface area (Å²) in [4.78, 5) is 10.4. The largest absolute Gasteiger partial charge is 0.478 e. The molecule has 1 N–H and O–H groups in total. The summed E-state index contributed by atoms with van der Waals surface area (Å²) >= 11 is 4.74. The average Bonchev–Trinajstić information content (AvgIpc) is 2.73. The van der Waals surface area contributed by atoms with Crippen LogP contribution >= 0.6 is 27.3 Å². The predicted molar refractivity (Wildman–Crippen MR) is 74.5 cm³/mol. The van der Waals surface area contributed by atoms with Crippen LogP contribution in [0.15, 0.2) is 28.2 Å². The van der Waals surface area contributed by atoms with E-state index >= 15 is 0 Å². The number of aliphatic carboxylic acids is 1. The van der Waals surface area contributed by atoms with Gasteiger partial charge in [0.1, 0.15) is 5.01 Å². The Morgan fingerprint density at radius 3 is 2.78 bits per heavy atom. The Morgan fingerprint density at radius 2 is 2.22 bits per heavy atom. The van der Waals surface area contributed by atoms with E-state index in [0.29, 0.717) is 0 Å². The van der Waals surface area contributed by atoms with Gasteiger partial charge in [-0.2, -0.15) is 0 Å². The molecule has 0 bridgehead atoms. The molecule has 1 heterocycles. The minimum Gasteiger partial charge on any atom is -0.478 e. The van der Waals surface area contributed by atoms with E-state index in [1.807, 2.05) is 25.1 Å². The zero-order valence-electron chi connectivity index (χ0n) is 9.42. The highest BCUT2D eigenvalue weighted by Crippen LogP contribution is 2.29. The molecule has 0 unspecified atom stereocenters. The van der Waals surface area contributed by atoms with Crippen LogP contribution in [0.4, 0.5) is 0 Å². The van der Waals surface area contributed by atoms with Crippen LogP contribution in [0.3, 0.4) is 0 Å². The molecule has 2 aromatic rings. The van der Waals surface area contributed by atoms with Crippen molar-refractivity contribution in [3.05, 3.63) is 39.3 Å². The van der Waals surface area contributed by atoms with E-state index in [1.165, 1.54) is 11.3 Å². The lowest BCUT2D eigenvalue weighted by Crippen LogP contribution is -1.87. The Kier molecular flexibility index (Phi) is 3.88. The van der Waals surface area contributed by atoms with Gasteiger partial charge in [-0.15, -0.1) is 10.2 Å². The molecule has 18 heavy (non-hydrogen) atoms. The Balaban J connectivity index is 2.33. The van der Waals surface area contributed by atoms with Gasteiger partial charge in [0.15, 0.2) is 3.92 Å². The third-order valence-corrected chi connectivity index (χ3v) is 3.69. The fourth-order valence-corrected chi connectivity index (χ4v) is 2.71. The quantitative estimate of drug-likeness (QED) is 0.879. The smallest absolute Gasteiger partial charge is 0.328 e. The van der Waals surface area contributed by atoms with Crippen LogP contribution in [0.5, 0.6) is 0 Å². The van der Waals surface area contributed by atoms with Crippen molar-refractivity contribution in [1.82, 2.24) is 10.2 Å². The zero-order valence-corrected chi connectivity index (χ0v) is 11.8. The molecule has 0 fully saturated rings. The van der Waals surface area contributed by atoms with Crippen LogP contribution in [0.1, 0.15) is 11.1 Å². The molecule has 0 aliphatic rings. The molecule has 0 saturated carbocycles. The highest BCUT2D eigenvalue weighted by Gasteiger charge is 2.07. The third kappa shape index (κ3) is 3.02. The number of hydrogen-bond donors (Lipinski definition) is 1. The van der Waals surface area contributed by atoms with Gasteiger partial charge in [-0.25, -0.2) is 4.79 Å². The first-order chi connectivity index (χ1) is 8.56. The summed E-state index contributed by atoms with van der Waals surface area (Å²) in [5.74, 6) is -0.954. The normalized spacial score (nSPS) is 11.0. The summed E-state index contributed by atoms with van der Waals surface area (Å²) < 4.78 is 0.742. The van der Waals surface area contributed by atoms with Gasteiger partial charge in [-0.05, 0) is 40.1 Å². The summed E-state index contributed by atoms with van der Waals surface area (Å²) in [6, 6.07) is 5.70. The molecule has 2 rings (SSSR count). The van der Waals surface area contributed by atoms with Gasteiger partial charge in [0, 0.05) is 11.6 Å². The van der Waals surface area contributed by atoms with E-state index in [1.54, 1.807) is 6.08 Å². The van der Waals surface area contributed by atoms with E-state index in [9.17, 15) is 4.79 Å². The standard InChI is InChI=1S/C12H9BrN2O2S/c1-7-6-8(3-5-10(16)17)2-4-9(7)11-14-15-12(13)18-11/h2-6H,1H3,(H,16,17). The molecule has 0 radical (unpaired) electrons. The Hall–Kier alpha value is -1.53. The van der Waals surface area contributed by atoms with Gasteiger partial charge < -0.3 is 5.11 Å². The van der Waals surface area contributed by atoms with Crippen molar-refractivity contribution in [3.63, 3.8) is 0 Å². The van der Waals surface area contributed by atoms with Crippen molar-refractivity contribution in [3.8, 4) is 10.6 Å². The van der Waals surface area contributed by atoms with E-state index in [0.717, 1.165) is 31.7 Å². The number of carbonyl (C=O) groups is 1. The van der Waals surface area contributed by atoms with E-state index in [-0.39, 0.29) is 0 Å². The molecular formula is C12H9BrN2O2S. The van der Waals surface area contributed by atoms with Gasteiger partial charge in [0.05, 0.1) is 0 Å². The molecule has 0 atom stereocenters. The van der Waals surface area contributed by atoms with E-state index < -0.39 is 5.97 Å². The minimum atomic E-state index is -0.954. The van der Waals surface area contributed by atoms with Gasteiger partial charge in [0.25, 0.3) is 0 Å². The molecule has 0 saturated heterocycles. The Morgan fingerprint density at radius 1 is 1.44 bits per heavy atom. The maximum absolute atomic E-state index is 10.4. The first-order valence-corrected chi connectivity index (χ1v) is 6.68. The van der Waals surface area contributed by atoms with Gasteiger partial charge >= 0.3 is 5.97 Å². The second-order valence-corrected chi connectivity index (χ2v) is 5.86. The maximum Gasteiger partial charge on any atom is 0.328 e. The van der Waals surface area contributed by atoms with Crippen molar-refractivity contribution in [2.45, 2.75) is 6.92 Å². The number of nitrogens with zero attached hydrogens (tertiary/aromatic N) is 2. The molecule has 0 spiro atoms. The summed E-state index contributed by atoms with van der Waals surface area (Å²) in [6.45, 7) is 1.96. The second-order valence-electron chi connectivity index (χ2n) is 3.61. The Labute approximate surface area is 116 Å². The highest BCUT2D eigenvalue weighted by atomic mass is 79.9. The maximum atomic E-state index is 10.4. The zero-order chi connectivity index (χ0) is 13.1. The number of halogens is 1. The van der Waals surface area contributed by atoms with E-state index in [4.69, 9.17) is 5.11 Å². The molecule has 1 aromatic heterocycles. The molecule has 4 nitrogen and oxygen atoms in total. The van der Waals surface area contributed by atoms with Crippen LogP contribution in [0, 0.1) is 6.92 Å². The first kappa shape index (κ1) is 12.9. The Bertz CT molecular complexity index is 622. The number of hydrogen-bond acceptors (Lipinski definition) is 4. The molecule has 92 valence electrons. The van der Waals surface area contributed by atoms with Crippen molar-refractivity contribution in [2.75, 3.05) is 0 Å². The SMILES string of the molecule is Cc1cc(C=CC(=O)O)ccc1-c1nnc(Br)s1. The van der Waals surface area contributed by atoms with Crippen LogP contribution in [-0.4, -0.2) is 21.3 Å². The highest BCUT2D eigenvalue weighted by molar-refractivity contribution is 9.11. The lowest BCUT2D eigenvalue weighted by Gasteiger charge is -2.02. The first-order valence-electron chi connectivity index (χ1n) is 5.07. The molecule has 0 aliphatic heterocycles. The lowest BCUT2D eigenvalue weighted by atomic mass is 10.1. The topological polar surface area (TPSA) is 63.1 Å². The van der Waals surface area contributed by atoms with Crippen molar-refractivity contribution < 1.29 is 9.90 Å². The third-order valence-electron chi connectivity index (χ3n) is 2.30. The number of benzene rings is 1. The predicted octanol–water partition coefficient (Wildman–Crippen LogP) is 3.37. The number of rotatable bonds is 3. The van der Waals surface area contributed by atoms with Crippen molar-refractivity contribution >= 4 is 39.3 Å².